The Labute approximate surface area is 134 Å². The molecule has 1 unspecified atom stereocenters. The lowest BCUT2D eigenvalue weighted by molar-refractivity contribution is 0.0713. The second-order valence-corrected chi connectivity index (χ2v) is 8.98. The van der Waals surface area contributed by atoms with Gasteiger partial charge >= 0.3 is 0 Å². The molecule has 1 aliphatic rings. The molecule has 6 heteroatoms. The van der Waals surface area contributed by atoms with Crippen molar-refractivity contribution >= 4 is 37.2 Å². The number of aryl methyl sites for hydroxylation is 1. The summed E-state index contributed by atoms with van der Waals surface area (Å²) in [4.78, 5) is 15.4. The van der Waals surface area contributed by atoms with E-state index in [9.17, 15) is 13.2 Å². The molecule has 0 N–H and O–H groups in total. The maximum absolute atomic E-state index is 12.9. The Morgan fingerprint density at radius 2 is 2.09 bits per heavy atom. The van der Waals surface area contributed by atoms with Gasteiger partial charge in [0.1, 0.15) is 0 Å². The molecule has 22 heavy (non-hydrogen) atoms. The zero-order valence-corrected chi connectivity index (χ0v) is 14.3. The minimum absolute atomic E-state index is 0.0386. The van der Waals surface area contributed by atoms with Gasteiger partial charge in [0.2, 0.25) is 0 Å². The van der Waals surface area contributed by atoms with Gasteiger partial charge in [0, 0.05) is 17.3 Å². The number of benzene rings is 1. The fourth-order valence-electron chi connectivity index (χ4n) is 3.10. The van der Waals surface area contributed by atoms with E-state index in [-0.39, 0.29) is 23.5 Å². The van der Waals surface area contributed by atoms with Crippen molar-refractivity contribution in [3.63, 3.8) is 0 Å². The molecule has 3 rings (SSSR count). The summed E-state index contributed by atoms with van der Waals surface area (Å²) in [6.45, 7) is 4.41. The quantitative estimate of drug-likeness (QED) is 0.865. The number of thiophene rings is 1. The summed E-state index contributed by atoms with van der Waals surface area (Å²) in [7, 11) is -2.99. The minimum atomic E-state index is -2.99. The lowest BCUT2D eigenvalue weighted by Crippen LogP contribution is -2.40. The molecule has 0 saturated carbocycles. The van der Waals surface area contributed by atoms with E-state index < -0.39 is 9.84 Å². The highest BCUT2D eigenvalue weighted by molar-refractivity contribution is 7.91. The van der Waals surface area contributed by atoms with E-state index in [0.717, 1.165) is 20.5 Å². The third-order valence-corrected chi connectivity index (χ3v) is 7.30. The molecule has 0 bridgehead atoms. The van der Waals surface area contributed by atoms with Gasteiger partial charge in [-0.2, -0.15) is 0 Å². The summed E-state index contributed by atoms with van der Waals surface area (Å²) in [6, 6.07) is 7.78. The predicted molar refractivity (Wildman–Crippen MR) is 90.3 cm³/mol. The largest absolute Gasteiger partial charge is 0.334 e. The van der Waals surface area contributed by atoms with Gasteiger partial charge in [0.25, 0.3) is 5.91 Å². The summed E-state index contributed by atoms with van der Waals surface area (Å²) in [5.74, 6) is 0.243. The Morgan fingerprint density at radius 3 is 2.68 bits per heavy atom. The Bertz CT molecular complexity index is 823. The topological polar surface area (TPSA) is 54.5 Å². The molecule has 1 atom stereocenters. The average Bonchev–Trinajstić information content (AvgIpc) is 3.01. The maximum atomic E-state index is 12.9. The van der Waals surface area contributed by atoms with Crippen LogP contribution in [0, 0.1) is 6.92 Å². The van der Waals surface area contributed by atoms with Gasteiger partial charge in [0.15, 0.2) is 9.84 Å². The van der Waals surface area contributed by atoms with Crippen LogP contribution in [-0.2, 0) is 9.84 Å². The fraction of sp³-hybridized carbons (Fsp3) is 0.438. The van der Waals surface area contributed by atoms with Crippen molar-refractivity contribution < 1.29 is 13.2 Å². The van der Waals surface area contributed by atoms with E-state index in [0.29, 0.717) is 13.0 Å². The van der Waals surface area contributed by atoms with E-state index in [2.05, 4.69) is 0 Å². The fourth-order valence-corrected chi connectivity index (χ4v) is 5.99. The normalized spacial score (nSPS) is 20.4. The van der Waals surface area contributed by atoms with Crippen LogP contribution < -0.4 is 0 Å². The number of fused-ring (bicyclic) bond motifs is 1. The molecule has 0 radical (unpaired) electrons. The van der Waals surface area contributed by atoms with Crippen molar-refractivity contribution in [1.82, 2.24) is 4.90 Å². The Balaban J connectivity index is 1.95. The molecular weight excluding hydrogens is 318 g/mol. The molecule has 2 aromatic rings. The van der Waals surface area contributed by atoms with E-state index in [1.54, 1.807) is 4.90 Å². The Hall–Kier alpha value is -1.40. The number of amides is 1. The Morgan fingerprint density at radius 1 is 1.36 bits per heavy atom. The van der Waals surface area contributed by atoms with E-state index in [1.807, 2.05) is 38.1 Å². The average molecular weight is 337 g/mol. The number of hydrogen-bond acceptors (Lipinski definition) is 4. The number of sulfone groups is 1. The van der Waals surface area contributed by atoms with Gasteiger partial charge in [-0.3, -0.25) is 4.79 Å². The summed E-state index contributed by atoms with van der Waals surface area (Å²) < 4.78 is 24.5. The molecule has 1 aromatic carbocycles. The summed E-state index contributed by atoms with van der Waals surface area (Å²) in [5.41, 5.74) is 0.991. The highest BCUT2D eigenvalue weighted by atomic mass is 32.2. The first-order valence-electron chi connectivity index (χ1n) is 7.42. The van der Waals surface area contributed by atoms with Gasteiger partial charge in [-0.15, -0.1) is 11.3 Å². The third kappa shape index (κ3) is 2.65. The van der Waals surface area contributed by atoms with Crippen molar-refractivity contribution in [2.24, 2.45) is 0 Å². The number of hydrogen-bond donors (Lipinski definition) is 0. The molecule has 1 fully saturated rings. The van der Waals surface area contributed by atoms with Crippen molar-refractivity contribution in [2.75, 3.05) is 18.1 Å². The van der Waals surface area contributed by atoms with Gasteiger partial charge in [-0.25, -0.2) is 8.42 Å². The Kier molecular flexibility index (Phi) is 3.99. The van der Waals surface area contributed by atoms with Crippen LogP contribution >= 0.6 is 11.3 Å². The number of carbonyl (C=O) groups excluding carboxylic acids is 1. The van der Waals surface area contributed by atoms with Crippen LogP contribution in [0.2, 0.25) is 0 Å². The van der Waals surface area contributed by atoms with Crippen molar-refractivity contribution in [1.29, 1.82) is 0 Å². The van der Waals surface area contributed by atoms with Crippen LogP contribution in [-0.4, -0.2) is 43.3 Å². The molecule has 4 nitrogen and oxygen atoms in total. The lowest BCUT2D eigenvalue weighted by atomic mass is 10.1. The molecule has 1 amide bonds. The van der Waals surface area contributed by atoms with Crippen LogP contribution in [0.15, 0.2) is 24.3 Å². The molecule has 0 aliphatic carbocycles. The number of nitrogens with zero attached hydrogens (tertiary/aromatic N) is 1. The first-order valence-corrected chi connectivity index (χ1v) is 10.1. The molecule has 1 aliphatic heterocycles. The number of rotatable bonds is 3. The first-order chi connectivity index (χ1) is 10.4. The van der Waals surface area contributed by atoms with Crippen molar-refractivity contribution in [3.05, 3.63) is 34.7 Å². The second-order valence-electron chi connectivity index (χ2n) is 5.70. The molecule has 118 valence electrons. The highest BCUT2D eigenvalue weighted by Crippen LogP contribution is 2.32. The number of carbonyl (C=O) groups is 1. The first kappa shape index (κ1) is 15.5. The summed E-state index contributed by atoms with van der Waals surface area (Å²) in [5, 5.41) is 1.10. The standard InChI is InChI=1S/C16H19NO3S2/c1-3-17(12-8-9-22(19,20)10-12)16(18)15-11(2)13-6-4-5-7-14(13)21-15/h4-7,12H,3,8-10H2,1-2H3. The van der Waals surface area contributed by atoms with Crippen LogP contribution in [0.3, 0.4) is 0 Å². The zero-order valence-electron chi connectivity index (χ0n) is 12.7. The third-order valence-electron chi connectivity index (χ3n) is 4.29. The van der Waals surface area contributed by atoms with Crippen molar-refractivity contribution in [3.8, 4) is 0 Å². The van der Waals surface area contributed by atoms with E-state index in [4.69, 9.17) is 0 Å². The van der Waals surface area contributed by atoms with E-state index in [1.165, 1.54) is 11.3 Å². The zero-order chi connectivity index (χ0) is 15.9. The highest BCUT2D eigenvalue weighted by Gasteiger charge is 2.35. The molecular formula is C16H19NO3S2. The molecule has 2 heterocycles. The minimum Gasteiger partial charge on any atom is -0.334 e. The molecule has 1 aromatic heterocycles. The second kappa shape index (κ2) is 5.66. The van der Waals surface area contributed by atoms with Crippen LogP contribution in [0.4, 0.5) is 0 Å². The molecule has 0 spiro atoms. The lowest BCUT2D eigenvalue weighted by Gasteiger charge is -2.26. The van der Waals surface area contributed by atoms with Gasteiger partial charge < -0.3 is 4.90 Å². The van der Waals surface area contributed by atoms with Gasteiger partial charge in [0.05, 0.1) is 16.4 Å². The summed E-state index contributed by atoms with van der Waals surface area (Å²) in [6.07, 6.45) is 0.547. The SMILES string of the molecule is CCN(C(=O)c1sc2ccccc2c1C)C1CCS(=O)(=O)C1. The monoisotopic (exact) mass is 337 g/mol. The van der Waals surface area contributed by atoms with E-state index >= 15 is 0 Å². The predicted octanol–water partition coefficient (Wildman–Crippen LogP) is 2.86. The maximum Gasteiger partial charge on any atom is 0.264 e. The van der Waals surface area contributed by atoms with Gasteiger partial charge in [-0.05, 0) is 37.3 Å². The summed E-state index contributed by atoms with van der Waals surface area (Å²) >= 11 is 1.49. The van der Waals surface area contributed by atoms with Crippen LogP contribution in [0.25, 0.3) is 10.1 Å². The van der Waals surface area contributed by atoms with Crippen LogP contribution in [0.5, 0.6) is 0 Å². The van der Waals surface area contributed by atoms with Gasteiger partial charge in [-0.1, -0.05) is 18.2 Å². The van der Waals surface area contributed by atoms with Crippen molar-refractivity contribution in [2.45, 2.75) is 26.3 Å². The van der Waals surface area contributed by atoms with Crippen LogP contribution in [0.1, 0.15) is 28.6 Å². The molecule has 1 saturated heterocycles. The smallest absolute Gasteiger partial charge is 0.264 e.